The van der Waals surface area contributed by atoms with Gasteiger partial charge in [-0.25, -0.2) is 0 Å². The van der Waals surface area contributed by atoms with Gasteiger partial charge in [0, 0.05) is 31.8 Å². The van der Waals surface area contributed by atoms with Gasteiger partial charge in [-0.1, -0.05) is 23.7 Å². The first-order valence-corrected chi connectivity index (χ1v) is 7.83. The number of benzene rings is 1. The highest BCUT2D eigenvalue weighted by Crippen LogP contribution is 2.21. The first-order valence-electron chi connectivity index (χ1n) is 7.45. The minimum Gasteiger partial charge on any atom is -0.387 e. The highest BCUT2D eigenvalue weighted by molar-refractivity contribution is 6.30. The third-order valence-corrected chi connectivity index (χ3v) is 4.08. The lowest BCUT2D eigenvalue weighted by molar-refractivity contribution is -0.0207. The van der Waals surface area contributed by atoms with Crippen LogP contribution < -0.4 is 0 Å². The SMILES string of the molecule is COCCOC1CCN(CC(O)c2cccc(Cl)c2)CC1. The fourth-order valence-corrected chi connectivity index (χ4v) is 2.82. The Labute approximate surface area is 131 Å². The second-order valence-corrected chi connectivity index (χ2v) is 5.87. The van der Waals surface area contributed by atoms with Crippen molar-refractivity contribution in [3.63, 3.8) is 0 Å². The van der Waals surface area contributed by atoms with Gasteiger partial charge in [-0.2, -0.15) is 0 Å². The van der Waals surface area contributed by atoms with Gasteiger partial charge in [0.05, 0.1) is 25.4 Å². The number of rotatable bonds is 7. The van der Waals surface area contributed by atoms with E-state index in [1.54, 1.807) is 7.11 Å². The largest absolute Gasteiger partial charge is 0.387 e. The number of aliphatic hydroxyl groups is 1. The van der Waals surface area contributed by atoms with Crippen LogP contribution in [0.4, 0.5) is 0 Å². The average molecular weight is 314 g/mol. The number of methoxy groups -OCH3 is 1. The smallest absolute Gasteiger partial charge is 0.0917 e. The summed E-state index contributed by atoms with van der Waals surface area (Å²) in [5.74, 6) is 0. The molecule has 1 saturated heterocycles. The Morgan fingerprint density at radius 2 is 2.10 bits per heavy atom. The van der Waals surface area contributed by atoms with Crippen LogP contribution in [0.1, 0.15) is 24.5 Å². The maximum Gasteiger partial charge on any atom is 0.0917 e. The number of piperidine rings is 1. The van der Waals surface area contributed by atoms with Gasteiger partial charge in [-0.05, 0) is 30.5 Å². The Bertz CT molecular complexity index is 422. The minimum absolute atomic E-state index is 0.319. The first kappa shape index (κ1) is 16.7. The first-order chi connectivity index (χ1) is 10.2. The fourth-order valence-electron chi connectivity index (χ4n) is 2.62. The molecule has 0 saturated carbocycles. The van der Waals surface area contributed by atoms with Gasteiger partial charge in [0.1, 0.15) is 0 Å². The van der Waals surface area contributed by atoms with Crippen LogP contribution in [0, 0.1) is 0 Å². The second-order valence-electron chi connectivity index (χ2n) is 5.43. The fraction of sp³-hybridized carbons (Fsp3) is 0.625. The summed E-state index contributed by atoms with van der Waals surface area (Å²) in [5.41, 5.74) is 0.876. The lowest BCUT2D eigenvalue weighted by Crippen LogP contribution is -2.39. The van der Waals surface area contributed by atoms with E-state index in [-0.39, 0.29) is 0 Å². The lowest BCUT2D eigenvalue weighted by atomic mass is 10.1. The molecule has 0 spiro atoms. The molecular formula is C16H24ClNO3. The average Bonchev–Trinajstić information content (AvgIpc) is 2.49. The predicted octanol–water partition coefficient (Wildman–Crippen LogP) is 2.50. The topological polar surface area (TPSA) is 41.9 Å². The predicted molar refractivity (Wildman–Crippen MR) is 83.7 cm³/mol. The molecule has 5 heteroatoms. The van der Waals surface area contributed by atoms with E-state index < -0.39 is 6.10 Å². The summed E-state index contributed by atoms with van der Waals surface area (Å²) in [6, 6.07) is 7.43. The number of ether oxygens (including phenoxy) is 2. The maximum absolute atomic E-state index is 10.3. The summed E-state index contributed by atoms with van der Waals surface area (Å²) in [5, 5.41) is 11.0. The van der Waals surface area contributed by atoms with Crippen LogP contribution in [0.3, 0.4) is 0 Å². The van der Waals surface area contributed by atoms with Gasteiger partial charge in [0.2, 0.25) is 0 Å². The Hall–Kier alpha value is -0.650. The zero-order valence-electron chi connectivity index (χ0n) is 12.5. The zero-order chi connectivity index (χ0) is 15.1. The van der Waals surface area contributed by atoms with Crippen LogP contribution in [-0.2, 0) is 9.47 Å². The molecule has 1 aromatic carbocycles. The van der Waals surface area contributed by atoms with Crippen molar-refractivity contribution in [2.45, 2.75) is 25.0 Å². The van der Waals surface area contributed by atoms with Crippen molar-refractivity contribution in [2.24, 2.45) is 0 Å². The summed E-state index contributed by atoms with van der Waals surface area (Å²) in [6.07, 6.45) is 1.84. The number of halogens is 1. The van der Waals surface area contributed by atoms with Crippen LogP contribution in [0.5, 0.6) is 0 Å². The van der Waals surface area contributed by atoms with Crippen molar-refractivity contribution in [1.29, 1.82) is 0 Å². The van der Waals surface area contributed by atoms with E-state index in [0.29, 0.717) is 30.9 Å². The van der Waals surface area contributed by atoms with Crippen LogP contribution in [0.15, 0.2) is 24.3 Å². The lowest BCUT2D eigenvalue weighted by Gasteiger charge is -2.33. The van der Waals surface area contributed by atoms with E-state index in [2.05, 4.69) is 4.90 Å². The van der Waals surface area contributed by atoms with Gasteiger partial charge >= 0.3 is 0 Å². The molecule has 0 bridgehead atoms. The molecule has 1 aliphatic rings. The van der Waals surface area contributed by atoms with E-state index in [1.807, 2.05) is 24.3 Å². The van der Waals surface area contributed by atoms with Gasteiger partial charge in [0.15, 0.2) is 0 Å². The number of hydrogen-bond acceptors (Lipinski definition) is 4. The number of nitrogens with zero attached hydrogens (tertiary/aromatic N) is 1. The molecule has 0 aliphatic carbocycles. The second kappa shape index (κ2) is 8.71. The standard InChI is InChI=1S/C16H24ClNO3/c1-20-9-10-21-15-5-7-18(8-6-15)12-16(19)13-3-2-4-14(17)11-13/h2-4,11,15-16,19H,5-10,12H2,1H3. The van der Waals surface area contributed by atoms with Crippen LogP contribution in [-0.4, -0.2) is 56.1 Å². The number of aliphatic hydroxyl groups excluding tert-OH is 1. The summed E-state index contributed by atoms with van der Waals surface area (Å²) in [7, 11) is 1.68. The highest BCUT2D eigenvalue weighted by Gasteiger charge is 2.21. The Morgan fingerprint density at radius 3 is 2.76 bits per heavy atom. The van der Waals surface area contributed by atoms with E-state index >= 15 is 0 Å². The summed E-state index contributed by atoms with van der Waals surface area (Å²) < 4.78 is 10.7. The molecular weight excluding hydrogens is 290 g/mol. The number of likely N-dealkylation sites (tertiary alicyclic amines) is 1. The maximum atomic E-state index is 10.3. The quantitative estimate of drug-likeness (QED) is 0.785. The molecule has 0 aromatic heterocycles. The molecule has 1 heterocycles. The molecule has 1 N–H and O–H groups in total. The van der Waals surface area contributed by atoms with Crippen molar-refractivity contribution in [1.82, 2.24) is 4.90 Å². The van der Waals surface area contributed by atoms with Crippen LogP contribution in [0.25, 0.3) is 0 Å². The Kier molecular flexibility index (Phi) is 6.93. The van der Waals surface area contributed by atoms with Crippen molar-refractivity contribution >= 4 is 11.6 Å². The van der Waals surface area contributed by atoms with E-state index in [0.717, 1.165) is 31.5 Å². The molecule has 118 valence electrons. The van der Waals surface area contributed by atoms with Crippen LogP contribution in [0.2, 0.25) is 5.02 Å². The van der Waals surface area contributed by atoms with Crippen molar-refractivity contribution in [3.05, 3.63) is 34.9 Å². The van der Waals surface area contributed by atoms with Gasteiger partial charge < -0.3 is 19.5 Å². The third-order valence-electron chi connectivity index (χ3n) is 3.84. The Morgan fingerprint density at radius 1 is 1.33 bits per heavy atom. The zero-order valence-corrected chi connectivity index (χ0v) is 13.3. The molecule has 1 aromatic rings. The Balaban J connectivity index is 1.73. The van der Waals surface area contributed by atoms with Gasteiger partial charge in [-0.3, -0.25) is 0 Å². The number of β-amino-alcohol motifs (C(OH)–C–C–N with tert-alkyl or cyclic N) is 1. The summed E-state index contributed by atoms with van der Waals surface area (Å²) in [4.78, 5) is 2.28. The van der Waals surface area contributed by atoms with Gasteiger partial charge in [0.25, 0.3) is 0 Å². The minimum atomic E-state index is -0.491. The molecule has 0 radical (unpaired) electrons. The molecule has 1 unspecified atom stereocenters. The summed E-state index contributed by atoms with van der Waals surface area (Å²) in [6.45, 7) is 3.86. The molecule has 4 nitrogen and oxygen atoms in total. The molecule has 0 amide bonds. The highest BCUT2D eigenvalue weighted by atomic mass is 35.5. The van der Waals surface area contributed by atoms with E-state index in [4.69, 9.17) is 21.1 Å². The monoisotopic (exact) mass is 313 g/mol. The molecule has 2 rings (SSSR count). The molecule has 1 atom stereocenters. The molecule has 21 heavy (non-hydrogen) atoms. The number of hydrogen-bond donors (Lipinski definition) is 1. The van der Waals surface area contributed by atoms with E-state index in [1.165, 1.54) is 0 Å². The van der Waals surface area contributed by atoms with Crippen LogP contribution >= 0.6 is 11.6 Å². The normalized spacial score (nSPS) is 18.8. The van der Waals surface area contributed by atoms with Crippen molar-refractivity contribution in [2.75, 3.05) is 40.0 Å². The van der Waals surface area contributed by atoms with Gasteiger partial charge in [-0.15, -0.1) is 0 Å². The van der Waals surface area contributed by atoms with Crippen molar-refractivity contribution < 1.29 is 14.6 Å². The van der Waals surface area contributed by atoms with E-state index in [9.17, 15) is 5.11 Å². The summed E-state index contributed by atoms with van der Waals surface area (Å²) >= 11 is 5.96. The molecule has 1 fully saturated rings. The third kappa shape index (κ3) is 5.57. The molecule has 1 aliphatic heterocycles. The van der Waals surface area contributed by atoms with Crippen molar-refractivity contribution in [3.8, 4) is 0 Å².